The van der Waals surface area contributed by atoms with Gasteiger partial charge in [0, 0.05) is 18.6 Å². The minimum atomic E-state index is -4.90. The van der Waals surface area contributed by atoms with Crippen LogP contribution in [0.3, 0.4) is 0 Å². The number of nitrogens with two attached hydrogens (primary N) is 1. The number of unbranched alkanes of at least 4 members (excludes halogenated alkanes) is 1. The number of rotatable bonds is 32. The lowest BCUT2D eigenvalue weighted by Gasteiger charge is -2.66. The van der Waals surface area contributed by atoms with Gasteiger partial charge in [-0.2, -0.15) is 16.8 Å². The standard InChI is InChI=1S/C68H126N6O10S2/c1-42(2)60(84-86(80,81)82)37-54(46(6)51-19-21-53-62(51)45(5)36-56-64(53)58(76)41-66(9)39-49(24-26-68(56,66)11)74-34-16-32-72-30-14-28-70)47(7)59(83-85(77,78)79)22-17-43(3)50-18-20-52-61(50)44(4)35-55-63(52)57(75)40-65(8)38-48(23-25-67(55,65)10)73-33-15-31-71-29-13-12-27-69/h28,42-64,70-76H,12-27,29-41,69H2,1-11H3,(H,77,78,79)(H,80,81,82)/t43-,44?,45?,46+,47?,48-,49-,50?,51?,52?,53?,54?,55?,56?,57?,58?,59?,60?,61?,62?,63?,64?,65+,66+,67+,68+/m0/s1. The van der Waals surface area contributed by atoms with Crippen LogP contribution < -0.4 is 27.0 Å². The van der Waals surface area contributed by atoms with Crippen LogP contribution in [-0.2, 0) is 29.2 Å². The molecule has 0 heterocycles. The summed E-state index contributed by atoms with van der Waals surface area (Å²) in [6.45, 7) is 31.9. The Bertz CT molecular complexity index is 2390. The summed E-state index contributed by atoms with van der Waals surface area (Å²) >= 11 is 0. The van der Waals surface area contributed by atoms with E-state index < -0.39 is 45.0 Å². The molecule has 0 aliphatic heterocycles. The van der Waals surface area contributed by atoms with Gasteiger partial charge in [-0.25, -0.2) is 8.37 Å². The fraction of sp³-hybridized carbons (Fsp3) is 0.985. The summed E-state index contributed by atoms with van der Waals surface area (Å²) in [5, 5.41) is 47.1. The van der Waals surface area contributed by atoms with Crippen LogP contribution in [0.25, 0.3) is 0 Å². The summed E-state index contributed by atoms with van der Waals surface area (Å²) in [4.78, 5) is 0. The molecule has 8 fully saturated rings. The van der Waals surface area contributed by atoms with Crippen molar-refractivity contribution in [2.24, 2.45) is 128 Å². The molecule has 0 aromatic heterocycles. The van der Waals surface area contributed by atoms with Crippen molar-refractivity contribution < 1.29 is 44.5 Å². The molecule has 0 amide bonds. The van der Waals surface area contributed by atoms with E-state index in [0.717, 1.165) is 155 Å². The predicted molar refractivity (Wildman–Crippen MR) is 345 cm³/mol. The molecule has 18 heteroatoms. The van der Waals surface area contributed by atoms with Crippen molar-refractivity contribution in [2.45, 2.75) is 254 Å². The highest BCUT2D eigenvalue weighted by Gasteiger charge is 2.67. The zero-order valence-corrected chi connectivity index (χ0v) is 57.1. The predicted octanol–water partition coefficient (Wildman–Crippen LogP) is 11.1. The Morgan fingerprint density at radius 3 is 1.57 bits per heavy atom. The van der Waals surface area contributed by atoms with Crippen LogP contribution in [-0.4, -0.2) is 125 Å². The first-order chi connectivity index (χ1) is 40.5. The molecule has 16 nitrogen and oxygen atoms in total. The summed E-state index contributed by atoms with van der Waals surface area (Å²) in [5.74, 6) is 3.49. The fourth-order valence-corrected chi connectivity index (χ4v) is 23.9. The molecule has 18 unspecified atom stereocenters. The highest BCUT2D eigenvalue weighted by molar-refractivity contribution is 7.81. The van der Waals surface area contributed by atoms with Crippen molar-refractivity contribution in [2.75, 3.05) is 45.8 Å². The van der Waals surface area contributed by atoms with Gasteiger partial charge in [0.05, 0.1) is 24.4 Å². The van der Waals surface area contributed by atoms with E-state index >= 15 is 0 Å². The first-order valence-corrected chi connectivity index (χ1v) is 38.0. The van der Waals surface area contributed by atoms with Crippen molar-refractivity contribution in [3.63, 3.8) is 0 Å². The van der Waals surface area contributed by atoms with Gasteiger partial charge in [0.15, 0.2) is 0 Å². The van der Waals surface area contributed by atoms with Gasteiger partial charge in [0.25, 0.3) is 0 Å². The molecule has 86 heavy (non-hydrogen) atoms. The molecular weight excluding hydrogens is 1120 g/mol. The maximum Gasteiger partial charge on any atom is 0.397 e. The second-order valence-corrected chi connectivity index (χ2v) is 34.4. The molecule has 26 atom stereocenters. The summed E-state index contributed by atoms with van der Waals surface area (Å²) < 4.78 is 83.4. The smallest absolute Gasteiger partial charge is 0.393 e. The minimum Gasteiger partial charge on any atom is -0.393 e. The summed E-state index contributed by atoms with van der Waals surface area (Å²) in [7, 11) is -9.72. The van der Waals surface area contributed by atoms with Crippen LogP contribution in [0.2, 0.25) is 0 Å². The first-order valence-electron chi connectivity index (χ1n) is 35.2. The second-order valence-electron chi connectivity index (χ2n) is 32.3. The number of hydrogen-bond donors (Lipinski definition) is 10. The van der Waals surface area contributed by atoms with Crippen molar-refractivity contribution in [3.05, 3.63) is 0 Å². The van der Waals surface area contributed by atoms with E-state index in [0.29, 0.717) is 78.2 Å². The number of aliphatic hydroxyl groups is 2. The van der Waals surface area contributed by atoms with E-state index in [-0.39, 0.29) is 75.6 Å². The van der Waals surface area contributed by atoms with Gasteiger partial charge < -0.3 is 42.6 Å². The summed E-state index contributed by atoms with van der Waals surface area (Å²) in [6, 6.07) is 0.889. The van der Waals surface area contributed by atoms with Crippen LogP contribution >= 0.6 is 0 Å². The normalized spacial score (nSPS) is 41.8. The molecule has 11 N–H and O–H groups in total. The molecule has 0 spiro atoms. The summed E-state index contributed by atoms with van der Waals surface area (Å²) in [6.07, 6.45) is 20.0. The molecule has 8 aliphatic carbocycles. The Balaban J connectivity index is 0.948. The largest absolute Gasteiger partial charge is 0.397 e. The number of fused-ring (bicyclic) bond motifs is 10. The van der Waals surface area contributed by atoms with Gasteiger partial charge in [0.1, 0.15) is 0 Å². The van der Waals surface area contributed by atoms with Gasteiger partial charge in [-0.15, -0.1) is 0 Å². The van der Waals surface area contributed by atoms with Gasteiger partial charge >= 0.3 is 20.8 Å². The Kier molecular flexibility index (Phi) is 24.4. The van der Waals surface area contributed by atoms with Gasteiger partial charge in [-0.05, 0) is 309 Å². The second kappa shape index (κ2) is 29.6. The van der Waals surface area contributed by atoms with E-state index in [1.54, 1.807) is 0 Å². The lowest BCUT2D eigenvalue weighted by Crippen LogP contribution is -2.63. The quantitative estimate of drug-likeness (QED) is 0.0171. The van der Waals surface area contributed by atoms with E-state index in [1.807, 2.05) is 20.8 Å². The molecule has 8 rings (SSSR count). The minimum absolute atomic E-state index is 0.000772. The number of aliphatic hydroxyl groups excluding tert-OH is 2. The highest BCUT2D eigenvalue weighted by Crippen LogP contribution is 2.72. The first kappa shape index (κ1) is 71.0. The SMILES string of the molecule is CC(C)C(CC(C(C)C(CC[C@H](C)C1CCC2C1C(C)CC1C2C(O)C[C@@]2(C)C[C@@H](NCCCNCCCCN)CC[C@]12C)OS(=O)(=O)O)[C@H](C)C1CCC2C1C(C)CC1C2C(O)C[C@@]2(C)C[C@@H](NCCCNCCC=N)CC[C@]12C)OS(=O)(=O)O. The third-order valence-electron chi connectivity index (χ3n) is 27.3. The number of hydrogen-bond acceptors (Lipinski definition) is 14. The van der Waals surface area contributed by atoms with E-state index in [4.69, 9.17) is 19.5 Å². The third-order valence-corrected chi connectivity index (χ3v) is 28.3. The molecule has 500 valence electrons. The Morgan fingerprint density at radius 1 is 0.605 bits per heavy atom. The van der Waals surface area contributed by atoms with Crippen LogP contribution in [0.4, 0.5) is 0 Å². The molecule has 0 radical (unpaired) electrons. The fourth-order valence-electron chi connectivity index (χ4n) is 22.7. The highest BCUT2D eigenvalue weighted by atomic mass is 32.3. The molecule has 0 saturated heterocycles. The molecule has 0 bridgehead atoms. The van der Waals surface area contributed by atoms with Crippen molar-refractivity contribution in [1.82, 2.24) is 21.3 Å². The molecule has 0 aromatic carbocycles. The average molecular weight is 1250 g/mol. The number of nitrogens with one attached hydrogen (secondary N) is 5. The Hall–Kier alpha value is -0.870. The van der Waals surface area contributed by atoms with Crippen LogP contribution in [0.5, 0.6) is 0 Å². The molecule has 8 saturated carbocycles. The van der Waals surface area contributed by atoms with E-state index in [2.05, 4.69) is 76.7 Å². The molecular formula is C68H126N6O10S2. The van der Waals surface area contributed by atoms with Crippen LogP contribution in [0.15, 0.2) is 0 Å². The monoisotopic (exact) mass is 1250 g/mol. The maximum absolute atomic E-state index is 13.1. The van der Waals surface area contributed by atoms with Gasteiger partial charge in [-0.1, -0.05) is 76.2 Å². The van der Waals surface area contributed by atoms with Gasteiger partial charge in [0.2, 0.25) is 0 Å². The van der Waals surface area contributed by atoms with Crippen molar-refractivity contribution >= 4 is 27.0 Å². The maximum atomic E-state index is 13.1. The zero-order chi connectivity index (χ0) is 62.7. The van der Waals surface area contributed by atoms with Crippen molar-refractivity contribution in [3.8, 4) is 0 Å². The lowest BCUT2D eigenvalue weighted by atomic mass is 9.40. The van der Waals surface area contributed by atoms with E-state index in [1.165, 1.54) is 19.1 Å². The Morgan fingerprint density at radius 2 is 1.08 bits per heavy atom. The molecule has 8 aliphatic rings. The Labute approximate surface area is 523 Å². The topological polar surface area (TPSA) is 266 Å². The zero-order valence-electron chi connectivity index (χ0n) is 55.5. The van der Waals surface area contributed by atoms with Crippen LogP contribution in [0.1, 0.15) is 217 Å². The third kappa shape index (κ3) is 15.7. The van der Waals surface area contributed by atoms with E-state index in [9.17, 15) is 36.2 Å². The van der Waals surface area contributed by atoms with Crippen molar-refractivity contribution in [1.29, 1.82) is 5.41 Å². The van der Waals surface area contributed by atoms with Crippen LogP contribution in [0, 0.1) is 128 Å². The summed E-state index contributed by atoms with van der Waals surface area (Å²) in [5.41, 5.74) is 5.97. The lowest BCUT2D eigenvalue weighted by molar-refractivity contribution is -0.198. The average Bonchev–Trinajstić information content (AvgIpc) is 1.07. The van der Waals surface area contributed by atoms with Gasteiger partial charge in [-0.3, -0.25) is 9.11 Å². The molecule has 0 aromatic rings.